The summed E-state index contributed by atoms with van der Waals surface area (Å²) in [6.07, 6.45) is 0.400. The first kappa shape index (κ1) is 21.7. The van der Waals surface area contributed by atoms with Crippen LogP contribution in [-0.2, 0) is 14.4 Å². The number of carboxylic acid groups (broad SMARTS) is 1. The zero-order chi connectivity index (χ0) is 21.2. The summed E-state index contributed by atoms with van der Waals surface area (Å²) in [7, 11) is 0. The Balaban J connectivity index is 2.17. The fourth-order valence-corrected chi connectivity index (χ4v) is 2.60. The molecule has 0 heterocycles. The van der Waals surface area contributed by atoms with Crippen LogP contribution in [0.4, 0.5) is 17.1 Å². The number of carbonyl (C=O) groups is 3. The monoisotopic (exact) mass is 399 g/mol. The first-order chi connectivity index (χ1) is 13.9. The maximum Gasteiger partial charge on any atom is 0.305 e. The standard InChI is InChI=1S/C21H25N3O5/c1-3-11-29-19-10-5-4-9-17(19)24-18(13-20(26)27)21(28)23-16-8-6-7-15(12-16)22-14(2)25/h4-10,12,18,24H,3,11,13H2,1-2H3,(H,22,25)(H,23,28)(H,26,27). The Kier molecular flexibility index (Phi) is 8.02. The van der Waals surface area contributed by atoms with Gasteiger partial charge in [0.15, 0.2) is 0 Å². The van der Waals surface area contributed by atoms with Crippen molar-refractivity contribution in [3.8, 4) is 5.75 Å². The van der Waals surface area contributed by atoms with Crippen molar-refractivity contribution in [1.29, 1.82) is 0 Å². The summed E-state index contributed by atoms with van der Waals surface area (Å²) in [5.41, 5.74) is 1.50. The van der Waals surface area contributed by atoms with Gasteiger partial charge in [-0.15, -0.1) is 0 Å². The van der Waals surface area contributed by atoms with E-state index in [1.165, 1.54) is 6.92 Å². The van der Waals surface area contributed by atoms with Crippen LogP contribution in [0.25, 0.3) is 0 Å². The maximum absolute atomic E-state index is 12.7. The molecule has 2 aromatic carbocycles. The summed E-state index contributed by atoms with van der Waals surface area (Å²) in [6.45, 7) is 3.87. The molecule has 8 nitrogen and oxygen atoms in total. The average molecular weight is 399 g/mol. The zero-order valence-corrected chi connectivity index (χ0v) is 16.4. The van der Waals surface area contributed by atoms with E-state index in [4.69, 9.17) is 4.74 Å². The molecular weight excluding hydrogens is 374 g/mol. The molecule has 0 bridgehead atoms. The van der Waals surface area contributed by atoms with Gasteiger partial charge < -0.3 is 25.8 Å². The van der Waals surface area contributed by atoms with E-state index in [0.717, 1.165) is 6.42 Å². The van der Waals surface area contributed by atoms with Crippen LogP contribution < -0.4 is 20.7 Å². The molecule has 2 amide bonds. The van der Waals surface area contributed by atoms with Crippen LogP contribution in [0.3, 0.4) is 0 Å². The Morgan fingerprint density at radius 3 is 2.38 bits per heavy atom. The molecule has 8 heteroatoms. The summed E-state index contributed by atoms with van der Waals surface area (Å²) in [4.78, 5) is 35.2. The van der Waals surface area contributed by atoms with Crippen molar-refractivity contribution in [1.82, 2.24) is 0 Å². The first-order valence-corrected chi connectivity index (χ1v) is 9.27. The molecule has 0 spiro atoms. The number of ether oxygens (including phenoxy) is 1. The normalized spacial score (nSPS) is 11.2. The predicted octanol–water partition coefficient (Wildman–Crippen LogP) is 3.33. The minimum absolute atomic E-state index is 0.234. The van der Waals surface area contributed by atoms with Crippen LogP contribution in [-0.4, -0.2) is 35.5 Å². The van der Waals surface area contributed by atoms with Gasteiger partial charge in [0.1, 0.15) is 11.8 Å². The van der Waals surface area contributed by atoms with E-state index >= 15 is 0 Å². The molecule has 0 aliphatic heterocycles. The van der Waals surface area contributed by atoms with Gasteiger partial charge in [-0.1, -0.05) is 25.1 Å². The molecule has 0 fully saturated rings. The number of benzene rings is 2. The molecule has 0 aliphatic rings. The summed E-state index contributed by atoms with van der Waals surface area (Å²) in [5, 5.41) is 17.5. The highest BCUT2D eigenvalue weighted by atomic mass is 16.5. The third-order valence-electron chi connectivity index (χ3n) is 3.82. The number of aliphatic carboxylic acids is 1. The second-order valence-electron chi connectivity index (χ2n) is 6.39. The molecule has 0 aliphatic carbocycles. The minimum atomic E-state index is -1.11. The summed E-state index contributed by atoms with van der Waals surface area (Å²) >= 11 is 0. The Bertz CT molecular complexity index is 869. The average Bonchev–Trinajstić information content (AvgIpc) is 2.66. The Morgan fingerprint density at radius 1 is 1.03 bits per heavy atom. The van der Waals surface area contributed by atoms with Gasteiger partial charge in [-0.3, -0.25) is 14.4 Å². The van der Waals surface area contributed by atoms with E-state index in [0.29, 0.717) is 29.4 Å². The predicted molar refractivity (Wildman–Crippen MR) is 111 cm³/mol. The first-order valence-electron chi connectivity index (χ1n) is 9.27. The highest BCUT2D eigenvalue weighted by Gasteiger charge is 2.23. The Morgan fingerprint density at radius 2 is 1.72 bits per heavy atom. The van der Waals surface area contributed by atoms with E-state index in [1.54, 1.807) is 48.5 Å². The number of carboxylic acids is 1. The summed E-state index contributed by atoms with van der Waals surface area (Å²) in [6, 6.07) is 12.6. The van der Waals surface area contributed by atoms with Crippen LogP contribution >= 0.6 is 0 Å². The largest absolute Gasteiger partial charge is 0.491 e. The fourth-order valence-electron chi connectivity index (χ4n) is 2.60. The lowest BCUT2D eigenvalue weighted by Gasteiger charge is -2.20. The van der Waals surface area contributed by atoms with Crippen molar-refractivity contribution in [2.45, 2.75) is 32.7 Å². The number of para-hydroxylation sites is 2. The third-order valence-corrected chi connectivity index (χ3v) is 3.82. The SMILES string of the molecule is CCCOc1ccccc1NC(CC(=O)O)C(=O)Nc1cccc(NC(C)=O)c1. The number of anilines is 3. The summed E-state index contributed by atoms with van der Waals surface area (Å²) in [5.74, 6) is -1.32. The Hall–Kier alpha value is -3.55. The van der Waals surface area contributed by atoms with Gasteiger partial charge in [-0.05, 0) is 36.8 Å². The lowest BCUT2D eigenvalue weighted by Crippen LogP contribution is -2.36. The molecule has 2 aromatic rings. The van der Waals surface area contributed by atoms with E-state index in [-0.39, 0.29) is 5.91 Å². The van der Waals surface area contributed by atoms with E-state index in [2.05, 4.69) is 16.0 Å². The minimum Gasteiger partial charge on any atom is -0.491 e. The number of rotatable bonds is 10. The number of amides is 2. The number of nitrogens with one attached hydrogen (secondary N) is 3. The van der Waals surface area contributed by atoms with Crippen molar-refractivity contribution in [3.63, 3.8) is 0 Å². The van der Waals surface area contributed by atoms with Crippen molar-refractivity contribution < 1.29 is 24.2 Å². The number of carbonyl (C=O) groups excluding carboxylic acids is 2. The topological polar surface area (TPSA) is 117 Å². The molecule has 0 radical (unpaired) electrons. The van der Waals surface area contributed by atoms with Crippen LogP contribution in [0.1, 0.15) is 26.7 Å². The lowest BCUT2D eigenvalue weighted by molar-refractivity contribution is -0.138. The van der Waals surface area contributed by atoms with Gasteiger partial charge >= 0.3 is 5.97 Å². The number of hydrogen-bond acceptors (Lipinski definition) is 5. The number of hydrogen-bond donors (Lipinski definition) is 4. The molecule has 29 heavy (non-hydrogen) atoms. The fraction of sp³-hybridized carbons (Fsp3) is 0.286. The smallest absolute Gasteiger partial charge is 0.305 e. The molecule has 0 saturated carbocycles. The molecule has 1 atom stereocenters. The van der Waals surface area contributed by atoms with E-state index in [1.807, 2.05) is 6.92 Å². The van der Waals surface area contributed by atoms with Crippen LogP contribution in [0.15, 0.2) is 48.5 Å². The highest BCUT2D eigenvalue weighted by Crippen LogP contribution is 2.25. The quantitative estimate of drug-likeness (QED) is 0.487. The maximum atomic E-state index is 12.7. The van der Waals surface area contributed by atoms with E-state index < -0.39 is 24.3 Å². The summed E-state index contributed by atoms with van der Waals surface area (Å²) < 4.78 is 5.66. The Labute approximate surface area is 169 Å². The molecular formula is C21H25N3O5. The second kappa shape index (κ2) is 10.7. The molecule has 1 unspecified atom stereocenters. The van der Waals surface area contributed by atoms with Crippen molar-refractivity contribution >= 4 is 34.8 Å². The third kappa shape index (κ3) is 7.17. The van der Waals surface area contributed by atoms with Crippen molar-refractivity contribution in [2.24, 2.45) is 0 Å². The van der Waals surface area contributed by atoms with Gasteiger partial charge in [0, 0.05) is 18.3 Å². The van der Waals surface area contributed by atoms with Crippen LogP contribution in [0, 0.1) is 0 Å². The van der Waals surface area contributed by atoms with Gasteiger partial charge in [-0.25, -0.2) is 0 Å². The van der Waals surface area contributed by atoms with Gasteiger partial charge in [-0.2, -0.15) is 0 Å². The van der Waals surface area contributed by atoms with Crippen molar-refractivity contribution in [3.05, 3.63) is 48.5 Å². The van der Waals surface area contributed by atoms with Crippen LogP contribution in [0.2, 0.25) is 0 Å². The molecule has 0 aromatic heterocycles. The highest BCUT2D eigenvalue weighted by molar-refractivity contribution is 5.99. The second-order valence-corrected chi connectivity index (χ2v) is 6.39. The van der Waals surface area contributed by atoms with Crippen LogP contribution in [0.5, 0.6) is 5.75 Å². The van der Waals surface area contributed by atoms with E-state index in [9.17, 15) is 19.5 Å². The molecule has 154 valence electrons. The zero-order valence-electron chi connectivity index (χ0n) is 16.4. The molecule has 2 rings (SSSR count). The lowest BCUT2D eigenvalue weighted by atomic mass is 10.1. The van der Waals surface area contributed by atoms with Gasteiger partial charge in [0.25, 0.3) is 0 Å². The van der Waals surface area contributed by atoms with Gasteiger partial charge in [0.05, 0.1) is 18.7 Å². The van der Waals surface area contributed by atoms with Gasteiger partial charge in [0.2, 0.25) is 11.8 Å². The van der Waals surface area contributed by atoms with Crippen molar-refractivity contribution in [2.75, 3.05) is 22.6 Å². The molecule has 4 N–H and O–H groups in total. The molecule has 0 saturated heterocycles.